The van der Waals surface area contributed by atoms with Crippen LogP contribution in [0.5, 0.6) is 11.5 Å². The number of hydrogen-bond donors (Lipinski definition) is 0. The van der Waals surface area contributed by atoms with E-state index in [9.17, 15) is 4.79 Å². The van der Waals surface area contributed by atoms with Crippen molar-refractivity contribution in [3.8, 4) is 11.5 Å². The standard InChI is InChI=1S/C21H23NO4/c1-5-25-20(23)16(14-8-10-22-11-9-14)12-15-6-7-18(24-4)19-17(15)13-21(2,3)26-19/h6-12H,5,13H2,1-4H3. The van der Waals surface area contributed by atoms with Gasteiger partial charge in [-0.1, -0.05) is 6.07 Å². The van der Waals surface area contributed by atoms with Gasteiger partial charge in [0.05, 0.1) is 19.3 Å². The lowest BCUT2D eigenvalue weighted by molar-refractivity contribution is -0.136. The van der Waals surface area contributed by atoms with E-state index in [2.05, 4.69) is 4.98 Å². The summed E-state index contributed by atoms with van der Waals surface area (Å²) in [5, 5.41) is 0. The van der Waals surface area contributed by atoms with Gasteiger partial charge in [0.2, 0.25) is 0 Å². The molecular formula is C21H23NO4. The summed E-state index contributed by atoms with van der Waals surface area (Å²) in [6.45, 7) is 6.19. The van der Waals surface area contributed by atoms with E-state index in [1.165, 1.54) is 0 Å². The van der Waals surface area contributed by atoms with Crippen LogP contribution in [0.3, 0.4) is 0 Å². The second-order valence-electron chi connectivity index (χ2n) is 6.72. The summed E-state index contributed by atoms with van der Waals surface area (Å²) in [6, 6.07) is 7.41. The summed E-state index contributed by atoms with van der Waals surface area (Å²) in [5.74, 6) is 1.08. The van der Waals surface area contributed by atoms with Gasteiger partial charge in [-0.3, -0.25) is 4.98 Å². The van der Waals surface area contributed by atoms with Gasteiger partial charge in [-0.05, 0) is 56.2 Å². The Bertz CT molecular complexity index is 841. The van der Waals surface area contributed by atoms with E-state index in [4.69, 9.17) is 14.2 Å². The van der Waals surface area contributed by atoms with E-state index >= 15 is 0 Å². The summed E-state index contributed by atoms with van der Waals surface area (Å²) in [6.07, 6.45) is 5.91. The van der Waals surface area contributed by atoms with Crippen molar-refractivity contribution in [2.24, 2.45) is 0 Å². The number of rotatable bonds is 5. The van der Waals surface area contributed by atoms with Crippen molar-refractivity contribution in [3.05, 3.63) is 53.3 Å². The number of carbonyl (C=O) groups excluding carboxylic acids is 1. The lowest BCUT2D eigenvalue weighted by Crippen LogP contribution is -2.24. The minimum absolute atomic E-state index is 0.318. The molecule has 0 fully saturated rings. The molecule has 0 saturated heterocycles. The van der Waals surface area contributed by atoms with Gasteiger partial charge in [0.1, 0.15) is 5.60 Å². The molecule has 0 atom stereocenters. The van der Waals surface area contributed by atoms with Gasteiger partial charge in [-0.15, -0.1) is 0 Å². The monoisotopic (exact) mass is 353 g/mol. The van der Waals surface area contributed by atoms with Gasteiger partial charge >= 0.3 is 5.97 Å². The molecule has 1 aromatic heterocycles. The number of esters is 1. The van der Waals surface area contributed by atoms with E-state index in [1.807, 2.05) is 32.1 Å². The molecule has 0 unspecified atom stereocenters. The van der Waals surface area contributed by atoms with Crippen LogP contribution >= 0.6 is 0 Å². The molecule has 1 aliphatic heterocycles. The largest absolute Gasteiger partial charge is 0.493 e. The first kappa shape index (κ1) is 18.0. The fraction of sp³-hybridized carbons (Fsp3) is 0.333. The number of benzene rings is 1. The van der Waals surface area contributed by atoms with Crippen molar-refractivity contribution in [2.45, 2.75) is 32.8 Å². The zero-order valence-corrected chi connectivity index (χ0v) is 15.5. The number of ether oxygens (including phenoxy) is 3. The highest BCUT2D eigenvalue weighted by atomic mass is 16.5. The van der Waals surface area contributed by atoms with Crippen LogP contribution in [0.25, 0.3) is 11.6 Å². The minimum atomic E-state index is -0.360. The molecule has 2 heterocycles. The zero-order valence-electron chi connectivity index (χ0n) is 15.5. The maximum atomic E-state index is 12.5. The van der Waals surface area contributed by atoms with Gasteiger partial charge in [0, 0.05) is 24.4 Å². The molecule has 1 aromatic carbocycles. The molecule has 5 nitrogen and oxygen atoms in total. The van der Waals surface area contributed by atoms with Gasteiger partial charge in [0.15, 0.2) is 11.5 Å². The molecule has 0 spiro atoms. The average molecular weight is 353 g/mol. The third-order valence-electron chi connectivity index (χ3n) is 4.25. The van der Waals surface area contributed by atoms with Crippen LogP contribution in [0.15, 0.2) is 36.7 Å². The van der Waals surface area contributed by atoms with E-state index in [0.717, 1.165) is 28.9 Å². The van der Waals surface area contributed by atoms with Gasteiger partial charge < -0.3 is 14.2 Å². The van der Waals surface area contributed by atoms with Crippen molar-refractivity contribution in [1.29, 1.82) is 0 Å². The number of nitrogens with zero attached hydrogens (tertiary/aromatic N) is 1. The Hall–Kier alpha value is -2.82. The van der Waals surface area contributed by atoms with Crippen LogP contribution in [0.1, 0.15) is 37.5 Å². The first-order valence-corrected chi connectivity index (χ1v) is 8.63. The SMILES string of the molecule is CCOC(=O)C(=Cc1ccc(OC)c2c1CC(C)(C)O2)c1ccncc1. The first-order chi connectivity index (χ1) is 12.4. The molecule has 1 aliphatic rings. The smallest absolute Gasteiger partial charge is 0.338 e. The Morgan fingerprint density at radius 2 is 2.00 bits per heavy atom. The summed E-state index contributed by atoms with van der Waals surface area (Å²) < 4.78 is 16.8. The number of carbonyl (C=O) groups is 1. The first-order valence-electron chi connectivity index (χ1n) is 8.63. The molecule has 0 saturated carbocycles. The van der Waals surface area contributed by atoms with Crippen LogP contribution in [0.2, 0.25) is 0 Å². The fourth-order valence-electron chi connectivity index (χ4n) is 3.11. The van der Waals surface area contributed by atoms with Crippen LogP contribution in [0.4, 0.5) is 0 Å². The molecule has 136 valence electrons. The highest BCUT2D eigenvalue weighted by molar-refractivity contribution is 6.21. The topological polar surface area (TPSA) is 57.7 Å². The second-order valence-corrected chi connectivity index (χ2v) is 6.72. The van der Waals surface area contributed by atoms with Crippen molar-refractivity contribution in [2.75, 3.05) is 13.7 Å². The van der Waals surface area contributed by atoms with Crippen LogP contribution in [-0.4, -0.2) is 30.3 Å². The Morgan fingerprint density at radius 3 is 2.65 bits per heavy atom. The Balaban J connectivity index is 2.12. The number of methoxy groups -OCH3 is 1. The summed E-state index contributed by atoms with van der Waals surface area (Å²) >= 11 is 0. The highest BCUT2D eigenvalue weighted by Crippen LogP contribution is 2.44. The average Bonchev–Trinajstić information content (AvgIpc) is 2.95. The highest BCUT2D eigenvalue weighted by Gasteiger charge is 2.34. The maximum Gasteiger partial charge on any atom is 0.338 e. The van der Waals surface area contributed by atoms with Crippen LogP contribution in [-0.2, 0) is 16.0 Å². The van der Waals surface area contributed by atoms with Crippen molar-refractivity contribution < 1.29 is 19.0 Å². The third-order valence-corrected chi connectivity index (χ3v) is 4.25. The molecule has 0 radical (unpaired) electrons. The Labute approximate surface area is 153 Å². The lowest BCUT2D eigenvalue weighted by Gasteiger charge is -2.17. The normalized spacial score (nSPS) is 15.2. The predicted molar refractivity (Wildman–Crippen MR) is 100 cm³/mol. The Morgan fingerprint density at radius 1 is 1.27 bits per heavy atom. The molecule has 5 heteroatoms. The zero-order chi connectivity index (χ0) is 18.7. The fourth-order valence-corrected chi connectivity index (χ4v) is 3.11. The molecular weight excluding hydrogens is 330 g/mol. The van der Waals surface area contributed by atoms with Crippen molar-refractivity contribution >= 4 is 17.6 Å². The minimum Gasteiger partial charge on any atom is -0.493 e. The van der Waals surface area contributed by atoms with Crippen LogP contribution < -0.4 is 9.47 Å². The molecule has 26 heavy (non-hydrogen) atoms. The third kappa shape index (κ3) is 3.57. The summed E-state index contributed by atoms with van der Waals surface area (Å²) in [5.41, 5.74) is 2.89. The van der Waals surface area contributed by atoms with Gasteiger partial charge in [-0.25, -0.2) is 4.79 Å². The van der Waals surface area contributed by atoms with E-state index < -0.39 is 0 Å². The molecule has 3 rings (SSSR count). The molecule has 0 N–H and O–H groups in total. The quantitative estimate of drug-likeness (QED) is 0.602. The molecule has 0 bridgehead atoms. The lowest BCUT2D eigenvalue weighted by atomic mass is 9.94. The Kier molecular flexibility index (Phi) is 4.98. The molecule has 2 aromatic rings. The number of aromatic nitrogens is 1. The molecule has 0 aliphatic carbocycles. The van der Waals surface area contributed by atoms with Gasteiger partial charge in [-0.2, -0.15) is 0 Å². The van der Waals surface area contributed by atoms with Crippen LogP contribution in [0, 0.1) is 0 Å². The van der Waals surface area contributed by atoms with E-state index in [0.29, 0.717) is 17.9 Å². The maximum absolute atomic E-state index is 12.5. The summed E-state index contributed by atoms with van der Waals surface area (Å²) in [7, 11) is 1.63. The molecule has 0 amide bonds. The van der Waals surface area contributed by atoms with Crippen molar-refractivity contribution in [3.63, 3.8) is 0 Å². The number of pyridine rings is 1. The van der Waals surface area contributed by atoms with Gasteiger partial charge in [0.25, 0.3) is 0 Å². The van der Waals surface area contributed by atoms with E-state index in [-0.39, 0.29) is 11.6 Å². The van der Waals surface area contributed by atoms with E-state index in [1.54, 1.807) is 38.6 Å². The van der Waals surface area contributed by atoms with Crippen molar-refractivity contribution in [1.82, 2.24) is 4.98 Å². The number of fused-ring (bicyclic) bond motifs is 1. The number of hydrogen-bond acceptors (Lipinski definition) is 5. The second kappa shape index (κ2) is 7.20. The predicted octanol–water partition coefficient (Wildman–Crippen LogP) is 3.91. The summed E-state index contributed by atoms with van der Waals surface area (Å²) in [4.78, 5) is 16.6.